The number of amides is 1. The molecule has 0 bridgehead atoms. The summed E-state index contributed by atoms with van der Waals surface area (Å²) in [5.74, 6) is 1.41. The van der Waals surface area contributed by atoms with Gasteiger partial charge in [-0.15, -0.1) is 0 Å². The first-order valence-corrected chi connectivity index (χ1v) is 9.47. The highest BCUT2D eigenvalue weighted by Crippen LogP contribution is 2.22. The van der Waals surface area contributed by atoms with Crippen molar-refractivity contribution in [3.05, 3.63) is 76.7 Å². The third kappa shape index (κ3) is 5.72. The Hall–Kier alpha value is -3.06. The maximum atomic E-state index is 12.1. The molecule has 0 radical (unpaired) electrons. The van der Waals surface area contributed by atoms with Crippen molar-refractivity contribution in [3.8, 4) is 11.5 Å². The Bertz CT molecular complexity index is 956. The van der Waals surface area contributed by atoms with Gasteiger partial charge in [0.1, 0.15) is 11.5 Å². The number of carbonyl (C=O) groups excluding carboxylic acids is 1. The van der Waals surface area contributed by atoms with Gasteiger partial charge in [-0.05, 0) is 42.8 Å². The van der Waals surface area contributed by atoms with E-state index in [1.165, 1.54) is 17.8 Å². The van der Waals surface area contributed by atoms with Gasteiger partial charge in [0.2, 0.25) is 5.91 Å². The minimum Gasteiger partial charge on any atom is -0.457 e. The zero-order chi connectivity index (χ0) is 19.1. The Morgan fingerprint density at radius 1 is 1.11 bits per heavy atom. The van der Waals surface area contributed by atoms with E-state index in [0.29, 0.717) is 28.7 Å². The second-order valence-electron chi connectivity index (χ2n) is 5.67. The quantitative estimate of drug-likeness (QED) is 0.480. The first-order valence-electron chi connectivity index (χ1n) is 8.48. The maximum absolute atomic E-state index is 12.1. The summed E-state index contributed by atoms with van der Waals surface area (Å²) in [5.41, 5.74) is 1.17. The van der Waals surface area contributed by atoms with Crippen LogP contribution in [0, 0.1) is 0 Å². The molecule has 1 aromatic heterocycles. The van der Waals surface area contributed by atoms with E-state index < -0.39 is 0 Å². The number of aryl methyl sites for hydroxylation is 1. The van der Waals surface area contributed by atoms with Crippen LogP contribution in [0.15, 0.2) is 70.6 Å². The van der Waals surface area contributed by atoms with Crippen LogP contribution in [0.2, 0.25) is 0 Å². The minimum atomic E-state index is -0.209. The number of hydrogen-bond donors (Lipinski definition) is 2. The zero-order valence-electron chi connectivity index (χ0n) is 14.8. The number of thioether (sulfide) groups is 1. The highest BCUT2D eigenvalue weighted by Gasteiger charge is 2.07. The van der Waals surface area contributed by atoms with Crippen LogP contribution in [0.5, 0.6) is 11.5 Å². The summed E-state index contributed by atoms with van der Waals surface area (Å²) >= 11 is 1.19. The van der Waals surface area contributed by atoms with Crippen molar-refractivity contribution in [1.29, 1.82) is 0 Å². The van der Waals surface area contributed by atoms with Crippen molar-refractivity contribution in [2.24, 2.45) is 0 Å². The fraction of sp³-hybridized carbons (Fsp3) is 0.150. The highest BCUT2D eigenvalue weighted by molar-refractivity contribution is 7.99. The Morgan fingerprint density at radius 2 is 1.81 bits per heavy atom. The lowest BCUT2D eigenvalue weighted by Crippen LogP contribution is -2.15. The van der Waals surface area contributed by atoms with Crippen molar-refractivity contribution in [2.45, 2.75) is 18.5 Å². The number of hydrogen-bond acceptors (Lipinski definition) is 5. The molecule has 3 aromatic rings. The van der Waals surface area contributed by atoms with Crippen LogP contribution in [-0.2, 0) is 11.2 Å². The minimum absolute atomic E-state index is 0.151. The van der Waals surface area contributed by atoms with Crippen LogP contribution in [-0.4, -0.2) is 21.6 Å². The highest BCUT2D eigenvalue weighted by atomic mass is 32.2. The van der Waals surface area contributed by atoms with Crippen molar-refractivity contribution < 1.29 is 9.53 Å². The molecule has 27 heavy (non-hydrogen) atoms. The largest absolute Gasteiger partial charge is 0.457 e. The lowest BCUT2D eigenvalue weighted by atomic mass is 10.3. The Morgan fingerprint density at radius 3 is 2.52 bits per heavy atom. The summed E-state index contributed by atoms with van der Waals surface area (Å²) in [7, 11) is 0. The Labute approximate surface area is 161 Å². The average Bonchev–Trinajstić information content (AvgIpc) is 2.68. The molecule has 7 heteroatoms. The molecular weight excluding hydrogens is 362 g/mol. The summed E-state index contributed by atoms with van der Waals surface area (Å²) in [6.45, 7) is 1.92. The third-order valence-electron chi connectivity index (χ3n) is 3.59. The van der Waals surface area contributed by atoms with Crippen LogP contribution in [0.3, 0.4) is 0 Å². The van der Waals surface area contributed by atoms with Crippen molar-refractivity contribution >= 4 is 23.4 Å². The normalized spacial score (nSPS) is 10.4. The van der Waals surface area contributed by atoms with Crippen LogP contribution >= 0.6 is 11.8 Å². The SMILES string of the molecule is CCc1cc(=O)[nH]c(SCC(=O)Nc2ccc(Oc3ccccc3)cc2)n1. The standard InChI is InChI=1S/C20H19N3O3S/c1-2-14-12-18(24)23-20(22-14)27-13-19(25)21-15-8-10-17(11-9-15)26-16-6-4-3-5-7-16/h3-12H,2,13H2,1H3,(H,21,25)(H,22,23,24). The molecular formula is C20H19N3O3S. The van der Waals surface area contributed by atoms with Gasteiger partial charge < -0.3 is 15.0 Å². The molecule has 6 nitrogen and oxygen atoms in total. The molecule has 0 saturated heterocycles. The van der Waals surface area contributed by atoms with Gasteiger partial charge in [0.25, 0.3) is 5.56 Å². The lowest BCUT2D eigenvalue weighted by molar-refractivity contribution is -0.113. The number of anilines is 1. The monoisotopic (exact) mass is 381 g/mol. The zero-order valence-corrected chi connectivity index (χ0v) is 15.6. The first kappa shape index (κ1) is 18.7. The molecule has 0 atom stereocenters. The summed E-state index contributed by atoms with van der Waals surface area (Å²) in [4.78, 5) is 30.6. The van der Waals surface area contributed by atoms with Crippen molar-refractivity contribution in [2.75, 3.05) is 11.1 Å². The number of para-hydroxylation sites is 1. The summed E-state index contributed by atoms with van der Waals surface area (Å²) in [6.07, 6.45) is 0.668. The van der Waals surface area contributed by atoms with E-state index >= 15 is 0 Å². The number of H-pyrrole nitrogens is 1. The number of carbonyl (C=O) groups is 1. The molecule has 0 aliphatic rings. The third-order valence-corrected chi connectivity index (χ3v) is 4.47. The van der Waals surface area contributed by atoms with Gasteiger partial charge in [-0.3, -0.25) is 9.59 Å². The fourth-order valence-corrected chi connectivity index (χ4v) is 2.99. The van der Waals surface area contributed by atoms with Gasteiger partial charge in [0.15, 0.2) is 5.16 Å². The van der Waals surface area contributed by atoms with E-state index in [2.05, 4.69) is 15.3 Å². The second kappa shape index (κ2) is 9.05. The van der Waals surface area contributed by atoms with E-state index in [9.17, 15) is 9.59 Å². The summed E-state index contributed by atoms with van der Waals surface area (Å²) in [5, 5.41) is 3.26. The predicted octanol–water partition coefficient (Wildman–Crippen LogP) is 3.86. The van der Waals surface area contributed by atoms with Gasteiger partial charge in [0.05, 0.1) is 5.75 Å². The number of ether oxygens (including phenoxy) is 1. The molecule has 2 N–H and O–H groups in total. The first-order chi connectivity index (χ1) is 13.1. The van der Waals surface area contributed by atoms with E-state index in [4.69, 9.17) is 4.74 Å². The number of benzene rings is 2. The molecule has 0 fully saturated rings. The number of aromatic nitrogens is 2. The average molecular weight is 381 g/mol. The molecule has 0 aliphatic carbocycles. The molecule has 0 unspecified atom stereocenters. The molecule has 2 aromatic carbocycles. The van der Waals surface area contributed by atoms with Crippen LogP contribution in [0.1, 0.15) is 12.6 Å². The lowest BCUT2D eigenvalue weighted by Gasteiger charge is -2.08. The van der Waals surface area contributed by atoms with E-state index in [-0.39, 0.29) is 17.2 Å². The number of aromatic amines is 1. The molecule has 1 heterocycles. The second-order valence-corrected chi connectivity index (χ2v) is 6.64. The molecule has 0 aliphatic heterocycles. The molecule has 3 rings (SSSR count). The van der Waals surface area contributed by atoms with Gasteiger partial charge in [-0.25, -0.2) is 4.98 Å². The van der Waals surface area contributed by atoms with Gasteiger partial charge in [0, 0.05) is 17.4 Å². The molecule has 1 amide bonds. The Kier molecular flexibility index (Phi) is 6.27. The van der Waals surface area contributed by atoms with E-state index in [1.54, 1.807) is 24.3 Å². The topological polar surface area (TPSA) is 84.1 Å². The maximum Gasteiger partial charge on any atom is 0.251 e. The van der Waals surface area contributed by atoms with Gasteiger partial charge >= 0.3 is 0 Å². The number of nitrogens with one attached hydrogen (secondary N) is 2. The van der Waals surface area contributed by atoms with Crippen molar-refractivity contribution in [3.63, 3.8) is 0 Å². The Balaban J connectivity index is 1.53. The molecule has 0 spiro atoms. The number of nitrogens with zero attached hydrogens (tertiary/aromatic N) is 1. The number of rotatable bonds is 7. The fourth-order valence-electron chi connectivity index (χ4n) is 2.29. The summed E-state index contributed by atoms with van der Waals surface area (Å²) in [6, 6.07) is 18.1. The molecule has 138 valence electrons. The smallest absolute Gasteiger partial charge is 0.251 e. The molecule has 0 saturated carbocycles. The van der Waals surface area contributed by atoms with E-state index in [1.807, 2.05) is 37.3 Å². The summed E-state index contributed by atoms with van der Waals surface area (Å²) < 4.78 is 5.72. The predicted molar refractivity (Wildman–Crippen MR) is 107 cm³/mol. The van der Waals surface area contributed by atoms with Crippen LogP contribution in [0.25, 0.3) is 0 Å². The van der Waals surface area contributed by atoms with E-state index in [0.717, 1.165) is 5.75 Å². The van der Waals surface area contributed by atoms with Crippen LogP contribution < -0.4 is 15.6 Å². The van der Waals surface area contributed by atoms with Gasteiger partial charge in [-0.1, -0.05) is 36.9 Å². The van der Waals surface area contributed by atoms with Crippen molar-refractivity contribution in [1.82, 2.24) is 9.97 Å². The van der Waals surface area contributed by atoms with Gasteiger partial charge in [-0.2, -0.15) is 0 Å². The van der Waals surface area contributed by atoms with Crippen LogP contribution in [0.4, 0.5) is 5.69 Å².